The number of unbranched alkanes of at least 4 members (excludes halogenated alkanes) is 1. The first-order valence-electron chi connectivity index (χ1n) is 7.56. The lowest BCUT2D eigenvalue weighted by molar-refractivity contribution is 0.129. The van der Waals surface area contributed by atoms with Gasteiger partial charge in [0, 0.05) is 26.2 Å². The van der Waals surface area contributed by atoms with E-state index in [9.17, 15) is 4.79 Å². The fourth-order valence-electron chi connectivity index (χ4n) is 2.49. The zero-order valence-corrected chi connectivity index (χ0v) is 12.7. The summed E-state index contributed by atoms with van der Waals surface area (Å²) in [7, 11) is 0. The monoisotopic (exact) mass is 270 g/mol. The van der Waals surface area contributed by atoms with Crippen LogP contribution in [0.25, 0.3) is 0 Å². The van der Waals surface area contributed by atoms with Crippen molar-refractivity contribution in [2.24, 2.45) is 11.3 Å². The lowest BCUT2D eigenvalue weighted by Gasteiger charge is -2.31. The van der Waals surface area contributed by atoms with Gasteiger partial charge in [0.05, 0.1) is 0 Å². The third-order valence-corrected chi connectivity index (χ3v) is 3.69. The van der Waals surface area contributed by atoms with Crippen LogP contribution in [0.4, 0.5) is 4.79 Å². The molecule has 0 aromatic carbocycles. The van der Waals surface area contributed by atoms with Crippen LogP contribution in [0.5, 0.6) is 0 Å². The number of aliphatic hydroxyl groups is 1. The second-order valence-corrected chi connectivity index (χ2v) is 6.89. The predicted molar refractivity (Wildman–Crippen MR) is 78.1 cm³/mol. The van der Waals surface area contributed by atoms with E-state index in [1.54, 1.807) is 0 Å². The van der Waals surface area contributed by atoms with E-state index < -0.39 is 0 Å². The van der Waals surface area contributed by atoms with E-state index in [1.165, 1.54) is 6.42 Å². The van der Waals surface area contributed by atoms with Crippen molar-refractivity contribution in [3.8, 4) is 0 Å². The summed E-state index contributed by atoms with van der Waals surface area (Å²) in [6.07, 6.45) is 5.43. The van der Waals surface area contributed by atoms with Crippen LogP contribution in [-0.2, 0) is 0 Å². The van der Waals surface area contributed by atoms with Crippen LogP contribution in [0.2, 0.25) is 0 Å². The highest BCUT2D eigenvalue weighted by Crippen LogP contribution is 2.21. The SMILES string of the molecule is CC(C)(C)CCCCNC(=O)N1CCCC(CO)C1. The van der Waals surface area contributed by atoms with Gasteiger partial charge in [0.15, 0.2) is 0 Å². The number of nitrogens with one attached hydrogen (secondary N) is 1. The summed E-state index contributed by atoms with van der Waals surface area (Å²) in [5, 5.41) is 12.1. The van der Waals surface area contributed by atoms with Crippen LogP contribution in [0.15, 0.2) is 0 Å². The molecule has 1 unspecified atom stereocenters. The maximum Gasteiger partial charge on any atom is 0.317 e. The minimum atomic E-state index is 0.0360. The van der Waals surface area contributed by atoms with Gasteiger partial charge in [-0.25, -0.2) is 4.79 Å². The van der Waals surface area contributed by atoms with Crippen LogP contribution in [0, 0.1) is 11.3 Å². The van der Waals surface area contributed by atoms with Crippen molar-refractivity contribution in [2.45, 2.75) is 52.9 Å². The van der Waals surface area contributed by atoms with Gasteiger partial charge in [-0.15, -0.1) is 0 Å². The molecule has 0 spiro atoms. The first kappa shape index (κ1) is 16.3. The van der Waals surface area contributed by atoms with Gasteiger partial charge in [-0.05, 0) is 37.0 Å². The number of carbonyl (C=O) groups is 1. The van der Waals surface area contributed by atoms with E-state index in [-0.39, 0.29) is 18.6 Å². The normalized spacial score (nSPS) is 20.4. The summed E-state index contributed by atoms with van der Waals surface area (Å²) in [5.41, 5.74) is 0.380. The first-order valence-corrected chi connectivity index (χ1v) is 7.56. The summed E-state index contributed by atoms with van der Waals surface area (Å²) in [5.74, 6) is 0.264. The van der Waals surface area contributed by atoms with E-state index in [4.69, 9.17) is 5.11 Å². The molecular weight excluding hydrogens is 240 g/mol. The van der Waals surface area contributed by atoms with Crippen LogP contribution < -0.4 is 5.32 Å². The minimum Gasteiger partial charge on any atom is -0.396 e. The Morgan fingerprint density at radius 1 is 1.37 bits per heavy atom. The van der Waals surface area contributed by atoms with Crippen LogP contribution in [0.3, 0.4) is 0 Å². The van der Waals surface area contributed by atoms with Gasteiger partial charge in [0.25, 0.3) is 0 Å². The molecule has 0 bridgehead atoms. The second-order valence-electron chi connectivity index (χ2n) is 6.89. The van der Waals surface area contributed by atoms with Crippen molar-refractivity contribution in [3.63, 3.8) is 0 Å². The smallest absolute Gasteiger partial charge is 0.317 e. The number of amides is 2. The Kier molecular flexibility index (Phi) is 6.63. The lowest BCUT2D eigenvalue weighted by atomic mass is 9.90. The van der Waals surface area contributed by atoms with Crippen LogP contribution >= 0.6 is 0 Å². The van der Waals surface area contributed by atoms with E-state index in [0.717, 1.165) is 38.8 Å². The summed E-state index contributed by atoms with van der Waals surface area (Å²) >= 11 is 0. The molecule has 4 nitrogen and oxygen atoms in total. The number of urea groups is 1. The summed E-state index contributed by atoms with van der Waals surface area (Å²) in [4.78, 5) is 13.8. The highest BCUT2D eigenvalue weighted by Gasteiger charge is 2.22. The maximum absolute atomic E-state index is 12.0. The molecule has 1 rings (SSSR count). The molecule has 2 amide bonds. The number of carbonyl (C=O) groups excluding carboxylic acids is 1. The molecule has 112 valence electrons. The molecule has 0 radical (unpaired) electrons. The maximum atomic E-state index is 12.0. The largest absolute Gasteiger partial charge is 0.396 e. The molecule has 1 fully saturated rings. The zero-order valence-electron chi connectivity index (χ0n) is 12.7. The van der Waals surface area contributed by atoms with E-state index in [0.29, 0.717) is 12.0 Å². The number of nitrogens with zero attached hydrogens (tertiary/aromatic N) is 1. The zero-order chi connectivity index (χ0) is 14.3. The summed E-state index contributed by atoms with van der Waals surface area (Å²) in [6.45, 7) is 9.20. The van der Waals surface area contributed by atoms with Gasteiger partial charge in [0.2, 0.25) is 0 Å². The molecule has 0 saturated carbocycles. The molecule has 1 atom stereocenters. The highest BCUT2D eigenvalue weighted by molar-refractivity contribution is 5.74. The van der Waals surface area contributed by atoms with Gasteiger partial charge in [-0.2, -0.15) is 0 Å². The molecule has 2 N–H and O–H groups in total. The Hall–Kier alpha value is -0.770. The Balaban J connectivity index is 2.13. The Morgan fingerprint density at radius 3 is 2.74 bits per heavy atom. The van der Waals surface area contributed by atoms with Crippen molar-refractivity contribution in [3.05, 3.63) is 0 Å². The second kappa shape index (κ2) is 7.73. The molecule has 1 heterocycles. The van der Waals surface area contributed by atoms with E-state index in [2.05, 4.69) is 26.1 Å². The fraction of sp³-hybridized carbons (Fsp3) is 0.933. The lowest BCUT2D eigenvalue weighted by Crippen LogP contribution is -2.46. The molecule has 0 aromatic rings. The third kappa shape index (κ3) is 6.81. The average molecular weight is 270 g/mol. The third-order valence-electron chi connectivity index (χ3n) is 3.69. The molecular formula is C15H30N2O2. The van der Waals surface area contributed by atoms with Gasteiger partial charge < -0.3 is 15.3 Å². The summed E-state index contributed by atoms with van der Waals surface area (Å²) in [6, 6.07) is 0.0360. The number of piperidine rings is 1. The molecule has 1 aliphatic heterocycles. The van der Waals surface area contributed by atoms with Gasteiger partial charge in [-0.1, -0.05) is 27.2 Å². The number of hydrogen-bond acceptors (Lipinski definition) is 2. The van der Waals surface area contributed by atoms with Gasteiger partial charge in [0.1, 0.15) is 0 Å². The first-order chi connectivity index (χ1) is 8.92. The van der Waals surface area contributed by atoms with E-state index >= 15 is 0 Å². The minimum absolute atomic E-state index is 0.0360. The Labute approximate surface area is 117 Å². The highest BCUT2D eigenvalue weighted by atomic mass is 16.3. The number of aliphatic hydroxyl groups excluding tert-OH is 1. The molecule has 19 heavy (non-hydrogen) atoms. The van der Waals surface area contributed by atoms with Crippen molar-refractivity contribution >= 4 is 6.03 Å². The Bertz CT molecular complexity index is 274. The van der Waals surface area contributed by atoms with Crippen molar-refractivity contribution in [1.82, 2.24) is 10.2 Å². The molecule has 1 aliphatic rings. The van der Waals surface area contributed by atoms with Crippen molar-refractivity contribution in [2.75, 3.05) is 26.2 Å². The predicted octanol–water partition coefficient (Wildman–Crippen LogP) is 2.62. The molecule has 0 aromatic heterocycles. The Morgan fingerprint density at radius 2 is 2.11 bits per heavy atom. The molecule has 4 heteroatoms. The number of likely N-dealkylation sites (tertiary alicyclic amines) is 1. The van der Waals surface area contributed by atoms with Crippen molar-refractivity contribution < 1.29 is 9.90 Å². The fourth-order valence-corrected chi connectivity index (χ4v) is 2.49. The topological polar surface area (TPSA) is 52.6 Å². The molecule has 1 saturated heterocycles. The quantitative estimate of drug-likeness (QED) is 0.755. The van der Waals surface area contributed by atoms with Crippen molar-refractivity contribution in [1.29, 1.82) is 0 Å². The summed E-state index contributed by atoms with van der Waals surface area (Å²) < 4.78 is 0. The number of rotatable bonds is 5. The molecule has 0 aliphatic carbocycles. The van der Waals surface area contributed by atoms with Crippen LogP contribution in [-0.4, -0.2) is 42.3 Å². The number of hydrogen-bond donors (Lipinski definition) is 2. The van der Waals surface area contributed by atoms with E-state index in [1.807, 2.05) is 4.90 Å². The van der Waals surface area contributed by atoms with Gasteiger partial charge in [-0.3, -0.25) is 0 Å². The average Bonchev–Trinajstić information content (AvgIpc) is 2.37. The van der Waals surface area contributed by atoms with Gasteiger partial charge >= 0.3 is 6.03 Å². The standard InChI is InChI=1S/C15H30N2O2/c1-15(2,3)8-4-5-9-16-14(19)17-10-6-7-13(11-17)12-18/h13,18H,4-12H2,1-3H3,(H,16,19). The van der Waals surface area contributed by atoms with Crippen LogP contribution in [0.1, 0.15) is 52.9 Å².